The van der Waals surface area contributed by atoms with Crippen LogP contribution in [0, 0.1) is 5.92 Å². The van der Waals surface area contributed by atoms with E-state index in [0.29, 0.717) is 28.6 Å². The number of imidazole rings is 1. The molecular weight excluding hydrogens is 466 g/mol. The molecule has 0 saturated heterocycles. The van der Waals surface area contributed by atoms with E-state index in [1.165, 1.54) is 0 Å². The Morgan fingerprint density at radius 1 is 0.919 bits per heavy atom. The molecule has 6 aromatic rings. The van der Waals surface area contributed by atoms with Crippen LogP contribution in [0.3, 0.4) is 0 Å². The van der Waals surface area contributed by atoms with Crippen molar-refractivity contribution < 1.29 is 4.79 Å². The zero-order valence-electron chi connectivity index (χ0n) is 19.6. The predicted octanol–water partition coefficient (Wildman–Crippen LogP) is 4.76. The van der Waals surface area contributed by atoms with Crippen molar-refractivity contribution in [1.82, 2.24) is 40.1 Å². The third-order valence-corrected chi connectivity index (χ3v) is 6.76. The van der Waals surface area contributed by atoms with Gasteiger partial charge in [-0.25, -0.2) is 4.98 Å². The topological polar surface area (TPSA) is 138 Å². The van der Waals surface area contributed by atoms with E-state index in [-0.39, 0.29) is 11.8 Å². The van der Waals surface area contributed by atoms with Crippen LogP contribution in [0.25, 0.3) is 56.1 Å². The quantitative estimate of drug-likeness (QED) is 0.319. The number of nitrogens with one attached hydrogen (secondary N) is 3. The molecule has 0 unspecified atom stereocenters. The van der Waals surface area contributed by atoms with Crippen LogP contribution in [0.5, 0.6) is 0 Å². The zero-order valence-corrected chi connectivity index (χ0v) is 19.6. The standard InChI is InChI=1S/C27H21N9O/c37-27(15-4-3-5-15)32-17-10-16(12-28-13-17)21-11-18-22(14-31-21)35-36-23(18)26-33-20-7-9-30-24(25(20)34-26)19-6-1-2-8-29-19/h1-2,6-15H,3-5H2,(H,32,37)(H,33,34)(H,35,36). The summed E-state index contributed by atoms with van der Waals surface area (Å²) in [6, 6.07) is 11.4. The molecule has 0 atom stereocenters. The molecule has 6 aromatic heterocycles. The molecule has 10 heteroatoms. The molecule has 6 heterocycles. The molecule has 37 heavy (non-hydrogen) atoms. The average Bonchev–Trinajstić information content (AvgIpc) is 3.52. The van der Waals surface area contributed by atoms with Crippen molar-refractivity contribution in [3.8, 4) is 34.2 Å². The summed E-state index contributed by atoms with van der Waals surface area (Å²) < 4.78 is 0. The summed E-state index contributed by atoms with van der Waals surface area (Å²) in [7, 11) is 0. The van der Waals surface area contributed by atoms with E-state index in [4.69, 9.17) is 4.98 Å². The molecule has 10 nitrogen and oxygen atoms in total. The first-order valence-electron chi connectivity index (χ1n) is 12.1. The Balaban J connectivity index is 1.26. The van der Waals surface area contributed by atoms with E-state index in [1.807, 2.05) is 36.4 Å². The van der Waals surface area contributed by atoms with E-state index in [1.54, 1.807) is 31.0 Å². The number of aromatic nitrogens is 8. The first-order valence-corrected chi connectivity index (χ1v) is 12.1. The number of amides is 1. The maximum absolute atomic E-state index is 12.4. The van der Waals surface area contributed by atoms with Gasteiger partial charge in [0, 0.05) is 35.5 Å². The monoisotopic (exact) mass is 487 g/mol. The van der Waals surface area contributed by atoms with Crippen molar-refractivity contribution in [2.45, 2.75) is 19.3 Å². The molecule has 0 aromatic carbocycles. The molecule has 180 valence electrons. The normalized spacial score (nSPS) is 13.6. The summed E-state index contributed by atoms with van der Waals surface area (Å²) in [5.74, 6) is 0.766. The van der Waals surface area contributed by atoms with E-state index in [0.717, 1.165) is 52.5 Å². The first kappa shape index (κ1) is 21.3. The van der Waals surface area contributed by atoms with Crippen molar-refractivity contribution >= 4 is 33.5 Å². The number of hydrogen-bond acceptors (Lipinski definition) is 7. The highest BCUT2D eigenvalue weighted by atomic mass is 16.1. The van der Waals surface area contributed by atoms with Gasteiger partial charge in [0.15, 0.2) is 5.82 Å². The molecule has 7 rings (SSSR count). The lowest BCUT2D eigenvalue weighted by Gasteiger charge is -2.24. The van der Waals surface area contributed by atoms with E-state index in [2.05, 4.69) is 40.4 Å². The highest BCUT2D eigenvalue weighted by molar-refractivity contribution is 5.97. The van der Waals surface area contributed by atoms with Gasteiger partial charge in [0.1, 0.15) is 16.9 Å². The maximum Gasteiger partial charge on any atom is 0.227 e. The summed E-state index contributed by atoms with van der Waals surface area (Å²) in [5, 5.41) is 11.4. The fourth-order valence-electron chi connectivity index (χ4n) is 4.56. The van der Waals surface area contributed by atoms with Crippen molar-refractivity contribution in [2.24, 2.45) is 5.92 Å². The van der Waals surface area contributed by atoms with Crippen molar-refractivity contribution in [2.75, 3.05) is 5.32 Å². The molecule has 0 aliphatic heterocycles. The minimum Gasteiger partial charge on any atom is -0.336 e. The molecule has 1 saturated carbocycles. The number of nitrogens with zero attached hydrogens (tertiary/aromatic N) is 6. The highest BCUT2D eigenvalue weighted by Crippen LogP contribution is 2.32. The Kier molecular flexibility index (Phi) is 4.95. The van der Waals surface area contributed by atoms with Gasteiger partial charge >= 0.3 is 0 Å². The van der Waals surface area contributed by atoms with Gasteiger partial charge in [-0.15, -0.1) is 0 Å². The molecular formula is C27H21N9O. The fraction of sp³-hybridized carbons (Fsp3) is 0.148. The van der Waals surface area contributed by atoms with Crippen LogP contribution in [-0.4, -0.2) is 46.0 Å². The second-order valence-corrected chi connectivity index (χ2v) is 9.12. The largest absolute Gasteiger partial charge is 0.336 e. The minimum atomic E-state index is 0.0511. The number of H-pyrrole nitrogens is 2. The predicted molar refractivity (Wildman–Crippen MR) is 139 cm³/mol. The van der Waals surface area contributed by atoms with E-state index in [9.17, 15) is 4.79 Å². The summed E-state index contributed by atoms with van der Waals surface area (Å²) >= 11 is 0. The Morgan fingerprint density at radius 3 is 2.70 bits per heavy atom. The van der Waals surface area contributed by atoms with Gasteiger partial charge < -0.3 is 10.3 Å². The Bertz CT molecular complexity index is 1770. The van der Waals surface area contributed by atoms with Gasteiger partial charge in [0.25, 0.3) is 0 Å². The number of aromatic amines is 2. The van der Waals surface area contributed by atoms with Crippen molar-refractivity contribution in [3.63, 3.8) is 0 Å². The first-order chi connectivity index (χ1) is 18.2. The number of rotatable bonds is 5. The number of carbonyl (C=O) groups is 1. The Labute approximate surface area is 210 Å². The van der Waals surface area contributed by atoms with E-state index >= 15 is 0 Å². The van der Waals surface area contributed by atoms with Crippen LogP contribution in [-0.2, 0) is 4.79 Å². The molecule has 1 fully saturated rings. The fourth-order valence-corrected chi connectivity index (χ4v) is 4.56. The second kappa shape index (κ2) is 8.59. The summed E-state index contributed by atoms with van der Waals surface area (Å²) in [4.78, 5) is 38.5. The maximum atomic E-state index is 12.4. The highest BCUT2D eigenvalue weighted by Gasteiger charge is 2.25. The van der Waals surface area contributed by atoms with Crippen LogP contribution >= 0.6 is 0 Å². The van der Waals surface area contributed by atoms with Gasteiger partial charge in [-0.1, -0.05) is 12.5 Å². The summed E-state index contributed by atoms with van der Waals surface area (Å²) in [5.41, 5.74) is 6.65. The molecule has 3 N–H and O–H groups in total. The number of anilines is 1. The molecule has 0 radical (unpaired) electrons. The SMILES string of the molecule is O=C(Nc1cncc(-c2cc3c(-c4nc5c(-c6ccccn6)nccc5[nH]4)n[nH]c3cn2)c1)C1CCC1. The minimum absolute atomic E-state index is 0.0511. The lowest BCUT2D eigenvalue weighted by Crippen LogP contribution is -2.28. The van der Waals surface area contributed by atoms with Crippen molar-refractivity contribution in [1.29, 1.82) is 0 Å². The molecule has 1 amide bonds. The Morgan fingerprint density at radius 2 is 1.86 bits per heavy atom. The average molecular weight is 488 g/mol. The number of pyridine rings is 4. The summed E-state index contributed by atoms with van der Waals surface area (Å²) in [6.45, 7) is 0. The van der Waals surface area contributed by atoms with Crippen LogP contribution in [0.4, 0.5) is 5.69 Å². The molecule has 1 aliphatic rings. The number of fused-ring (bicyclic) bond motifs is 2. The smallest absolute Gasteiger partial charge is 0.227 e. The summed E-state index contributed by atoms with van der Waals surface area (Å²) in [6.07, 6.45) is 11.6. The third kappa shape index (κ3) is 3.79. The Hall–Kier alpha value is -4.99. The van der Waals surface area contributed by atoms with Crippen molar-refractivity contribution in [3.05, 3.63) is 67.4 Å². The third-order valence-electron chi connectivity index (χ3n) is 6.76. The van der Waals surface area contributed by atoms with Crippen LogP contribution < -0.4 is 5.32 Å². The van der Waals surface area contributed by atoms with Crippen LogP contribution in [0.15, 0.2) is 67.4 Å². The molecule has 0 spiro atoms. The number of carbonyl (C=O) groups excluding carboxylic acids is 1. The van der Waals surface area contributed by atoms with Gasteiger partial charge in [-0.2, -0.15) is 5.10 Å². The lowest BCUT2D eigenvalue weighted by atomic mass is 9.85. The van der Waals surface area contributed by atoms with Crippen LogP contribution in [0.1, 0.15) is 19.3 Å². The number of hydrogen-bond donors (Lipinski definition) is 3. The van der Waals surface area contributed by atoms with Gasteiger partial charge in [-0.3, -0.25) is 29.8 Å². The van der Waals surface area contributed by atoms with E-state index < -0.39 is 0 Å². The lowest BCUT2D eigenvalue weighted by molar-refractivity contribution is -0.122. The zero-order chi connectivity index (χ0) is 24.8. The van der Waals surface area contributed by atoms with Gasteiger partial charge in [-0.05, 0) is 43.2 Å². The van der Waals surface area contributed by atoms with Gasteiger partial charge in [0.05, 0.1) is 40.5 Å². The molecule has 0 bridgehead atoms. The van der Waals surface area contributed by atoms with Gasteiger partial charge in [0.2, 0.25) is 5.91 Å². The second-order valence-electron chi connectivity index (χ2n) is 9.12. The van der Waals surface area contributed by atoms with Crippen LogP contribution in [0.2, 0.25) is 0 Å². The molecule has 1 aliphatic carbocycles.